The molecule has 0 atom stereocenters. The van der Waals surface area contributed by atoms with Gasteiger partial charge in [0.1, 0.15) is 0 Å². The fraction of sp³-hybridized carbons (Fsp3) is 0.500. The van der Waals surface area contributed by atoms with Crippen molar-refractivity contribution >= 4 is 17.5 Å². The third-order valence-electron chi connectivity index (χ3n) is 1.81. The number of nitrogens with one attached hydrogen (secondary N) is 1. The second-order valence-electron chi connectivity index (χ2n) is 3.04. The molecule has 2 rings (SSSR count). The van der Waals surface area contributed by atoms with Gasteiger partial charge >= 0.3 is 0 Å². The first-order valence-electron chi connectivity index (χ1n) is 5.10. The van der Waals surface area contributed by atoms with E-state index in [2.05, 4.69) is 15.3 Å². The lowest BCUT2D eigenvalue weighted by molar-refractivity contribution is -0.119. The standard InChI is InChI=1S/C6H7ClN2O.C4H7NO/c1-2-10-6-5(7)8-3-4-9-6;6-4-2-1-3-5-4/h3-4H,2H2,1H3;1-3H2,(H,5,6). The highest BCUT2D eigenvalue weighted by molar-refractivity contribution is 6.30. The molecule has 0 aliphatic carbocycles. The number of carbonyl (C=O) groups is 1. The highest BCUT2D eigenvalue weighted by Crippen LogP contribution is 2.16. The minimum atomic E-state index is 0.204. The van der Waals surface area contributed by atoms with Crippen LogP contribution in [0.25, 0.3) is 0 Å². The summed E-state index contributed by atoms with van der Waals surface area (Å²) in [6, 6.07) is 0. The van der Waals surface area contributed by atoms with E-state index in [1.807, 2.05) is 6.92 Å². The molecule has 0 bridgehead atoms. The third-order valence-corrected chi connectivity index (χ3v) is 2.07. The van der Waals surface area contributed by atoms with Crippen molar-refractivity contribution in [1.29, 1.82) is 0 Å². The Balaban J connectivity index is 0.000000181. The van der Waals surface area contributed by atoms with Gasteiger partial charge in [-0.2, -0.15) is 0 Å². The van der Waals surface area contributed by atoms with Gasteiger partial charge in [0.25, 0.3) is 5.88 Å². The van der Waals surface area contributed by atoms with E-state index in [-0.39, 0.29) is 5.91 Å². The summed E-state index contributed by atoms with van der Waals surface area (Å²) < 4.78 is 5.03. The number of halogens is 1. The lowest BCUT2D eigenvalue weighted by Crippen LogP contribution is -2.12. The lowest BCUT2D eigenvalue weighted by atomic mass is 10.4. The van der Waals surface area contributed by atoms with Crippen LogP contribution in [-0.2, 0) is 4.79 Å². The molecule has 1 amide bonds. The van der Waals surface area contributed by atoms with E-state index in [4.69, 9.17) is 16.3 Å². The van der Waals surface area contributed by atoms with Crippen molar-refractivity contribution in [3.63, 3.8) is 0 Å². The van der Waals surface area contributed by atoms with Crippen LogP contribution >= 0.6 is 11.6 Å². The summed E-state index contributed by atoms with van der Waals surface area (Å²) in [7, 11) is 0. The van der Waals surface area contributed by atoms with E-state index in [9.17, 15) is 4.79 Å². The first kappa shape index (κ1) is 12.7. The number of nitrogens with zero attached hydrogens (tertiary/aromatic N) is 2. The van der Waals surface area contributed by atoms with E-state index < -0.39 is 0 Å². The topological polar surface area (TPSA) is 64.1 Å². The summed E-state index contributed by atoms with van der Waals surface area (Å²) in [4.78, 5) is 17.8. The minimum Gasteiger partial charge on any atom is -0.476 e. The van der Waals surface area contributed by atoms with Crippen molar-refractivity contribution in [3.05, 3.63) is 17.5 Å². The summed E-state index contributed by atoms with van der Waals surface area (Å²) >= 11 is 5.60. The Morgan fingerprint density at radius 3 is 2.69 bits per heavy atom. The van der Waals surface area contributed by atoms with Crippen molar-refractivity contribution in [2.75, 3.05) is 13.2 Å². The fourth-order valence-electron chi connectivity index (χ4n) is 1.11. The van der Waals surface area contributed by atoms with E-state index in [0.717, 1.165) is 19.4 Å². The van der Waals surface area contributed by atoms with Crippen LogP contribution in [0.4, 0.5) is 0 Å². The van der Waals surface area contributed by atoms with Crippen LogP contribution < -0.4 is 10.1 Å². The maximum Gasteiger partial charge on any atom is 0.252 e. The molecule has 1 fully saturated rings. The summed E-state index contributed by atoms with van der Waals surface area (Å²) in [6.07, 6.45) is 4.82. The molecule has 16 heavy (non-hydrogen) atoms. The van der Waals surface area contributed by atoms with Gasteiger partial charge < -0.3 is 10.1 Å². The van der Waals surface area contributed by atoms with E-state index in [1.54, 1.807) is 0 Å². The molecule has 6 heteroatoms. The summed E-state index contributed by atoms with van der Waals surface area (Å²) in [5.41, 5.74) is 0. The molecule has 1 N–H and O–H groups in total. The maximum atomic E-state index is 10.1. The van der Waals surface area contributed by atoms with Gasteiger partial charge in [0, 0.05) is 25.4 Å². The zero-order valence-corrected chi connectivity index (χ0v) is 9.83. The van der Waals surface area contributed by atoms with E-state index in [1.165, 1.54) is 12.4 Å². The second-order valence-corrected chi connectivity index (χ2v) is 3.40. The monoisotopic (exact) mass is 243 g/mol. The Bertz CT molecular complexity index is 339. The molecule has 1 aromatic rings. The zero-order valence-electron chi connectivity index (χ0n) is 9.07. The van der Waals surface area contributed by atoms with Crippen molar-refractivity contribution in [1.82, 2.24) is 15.3 Å². The summed E-state index contributed by atoms with van der Waals surface area (Å²) in [6.45, 7) is 3.31. The molecule has 1 saturated heterocycles. The van der Waals surface area contributed by atoms with Crippen molar-refractivity contribution in [2.45, 2.75) is 19.8 Å². The molecule has 1 aliphatic heterocycles. The first-order chi connectivity index (χ1) is 7.74. The van der Waals surface area contributed by atoms with Crippen molar-refractivity contribution in [3.8, 4) is 5.88 Å². The third kappa shape index (κ3) is 4.44. The van der Waals surface area contributed by atoms with Crippen LogP contribution in [0.5, 0.6) is 5.88 Å². The van der Waals surface area contributed by atoms with Crippen molar-refractivity contribution < 1.29 is 9.53 Å². The Morgan fingerprint density at radius 2 is 2.25 bits per heavy atom. The highest BCUT2D eigenvalue weighted by Gasteiger charge is 2.05. The largest absolute Gasteiger partial charge is 0.476 e. The van der Waals surface area contributed by atoms with Crippen LogP contribution in [0.1, 0.15) is 19.8 Å². The van der Waals surface area contributed by atoms with Crippen LogP contribution in [-0.4, -0.2) is 29.0 Å². The number of hydrogen-bond donors (Lipinski definition) is 1. The van der Waals surface area contributed by atoms with Gasteiger partial charge in [-0.3, -0.25) is 4.79 Å². The number of rotatable bonds is 2. The van der Waals surface area contributed by atoms with Gasteiger partial charge in [0.2, 0.25) is 5.91 Å². The molecule has 0 spiro atoms. The molecule has 0 saturated carbocycles. The average molecular weight is 244 g/mol. The van der Waals surface area contributed by atoms with Gasteiger partial charge in [-0.15, -0.1) is 0 Å². The van der Waals surface area contributed by atoms with E-state index >= 15 is 0 Å². The zero-order chi connectivity index (χ0) is 11.8. The Morgan fingerprint density at radius 1 is 1.50 bits per heavy atom. The smallest absolute Gasteiger partial charge is 0.252 e. The maximum absolute atomic E-state index is 10.1. The molecular formula is C10H14ClN3O2. The second kappa shape index (κ2) is 7.00. The number of carbonyl (C=O) groups excluding carboxylic acids is 1. The van der Waals surface area contributed by atoms with Crippen LogP contribution in [0.3, 0.4) is 0 Å². The van der Waals surface area contributed by atoms with Gasteiger partial charge in [0.15, 0.2) is 5.15 Å². The number of amides is 1. The summed E-state index contributed by atoms with van der Waals surface area (Å²) in [5, 5.41) is 2.99. The predicted molar refractivity (Wildman–Crippen MR) is 60.5 cm³/mol. The Hall–Kier alpha value is -1.36. The fourth-order valence-corrected chi connectivity index (χ4v) is 1.27. The SMILES string of the molecule is CCOc1nccnc1Cl.O=C1CCCN1. The van der Waals surface area contributed by atoms with Crippen LogP contribution in [0.15, 0.2) is 12.4 Å². The molecule has 5 nitrogen and oxygen atoms in total. The quantitative estimate of drug-likeness (QED) is 0.853. The van der Waals surface area contributed by atoms with Gasteiger partial charge in [0.05, 0.1) is 6.61 Å². The lowest BCUT2D eigenvalue weighted by Gasteiger charge is -2.00. The molecule has 1 aromatic heterocycles. The molecule has 88 valence electrons. The first-order valence-corrected chi connectivity index (χ1v) is 5.48. The highest BCUT2D eigenvalue weighted by atomic mass is 35.5. The molecule has 0 unspecified atom stereocenters. The molecule has 0 aromatic carbocycles. The van der Waals surface area contributed by atoms with Gasteiger partial charge in [-0.25, -0.2) is 9.97 Å². The van der Waals surface area contributed by atoms with Gasteiger partial charge in [-0.05, 0) is 13.3 Å². The Kier molecular flexibility index (Phi) is 5.56. The van der Waals surface area contributed by atoms with Crippen LogP contribution in [0, 0.1) is 0 Å². The minimum absolute atomic E-state index is 0.204. The predicted octanol–water partition coefficient (Wildman–Crippen LogP) is 1.43. The number of aromatic nitrogens is 2. The molecular weight excluding hydrogens is 230 g/mol. The molecule has 1 aliphatic rings. The Labute approximate surface area is 99.2 Å². The van der Waals surface area contributed by atoms with E-state index in [0.29, 0.717) is 17.6 Å². The summed E-state index contributed by atoms with van der Waals surface area (Å²) in [5.74, 6) is 0.599. The van der Waals surface area contributed by atoms with Crippen molar-refractivity contribution in [2.24, 2.45) is 0 Å². The molecule has 2 heterocycles. The molecule has 0 radical (unpaired) electrons. The number of hydrogen-bond acceptors (Lipinski definition) is 4. The van der Waals surface area contributed by atoms with Gasteiger partial charge in [-0.1, -0.05) is 11.6 Å². The average Bonchev–Trinajstić information content (AvgIpc) is 2.74. The number of ether oxygens (including phenoxy) is 1. The normalized spacial score (nSPS) is 13.8. The van der Waals surface area contributed by atoms with Crippen LogP contribution in [0.2, 0.25) is 5.15 Å².